The van der Waals surface area contributed by atoms with E-state index in [-0.39, 0.29) is 5.91 Å². The molecule has 0 unspecified atom stereocenters. The van der Waals surface area contributed by atoms with Crippen molar-refractivity contribution in [2.24, 2.45) is 0 Å². The minimum absolute atomic E-state index is 0.0230. The Labute approximate surface area is 139 Å². The number of hydrogen-bond donors (Lipinski definition) is 1. The third kappa shape index (κ3) is 3.10. The molecule has 0 aliphatic rings. The van der Waals surface area contributed by atoms with Crippen LogP contribution in [-0.4, -0.2) is 24.1 Å². The van der Waals surface area contributed by atoms with E-state index in [4.69, 9.17) is 4.74 Å². The molecule has 2 aromatic heterocycles. The second-order valence-electron chi connectivity index (χ2n) is 5.35. The summed E-state index contributed by atoms with van der Waals surface area (Å²) in [6.07, 6.45) is 0.924. The van der Waals surface area contributed by atoms with Crippen LogP contribution in [0.4, 0.5) is 0 Å². The van der Waals surface area contributed by atoms with E-state index in [9.17, 15) is 4.79 Å². The molecule has 0 bridgehead atoms. The Morgan fingerprint density at radius 2 is 2.13 bits per heavy atom. The van der Waals surface area contributed by atoms with Crippen molar-refractivity contribution < 1.29 is 9.53 Å². The predicted octanol–water partition coefficient (Wildman–Crippen LogP) is 3.90. The molecule has 0 fully saturated rings. The van der Waals surface area contributed by atoms with Gasteiger partial charge >= 0.3 is 0 Å². The van der Waals surface area contributed by atoms with E-state index in [1.807, 2.05) is 37.3 Å². The van der Waals surface area contributed by atoms with Crippen LogP contribution < -0.4 is 10.1 Å². The van der Waals surface area contributed by atoms with Gasteiger partial charge < -0.3 is 14.6 Å². The van der Waals surface area contributed by atoms with Crippen molar-refractivity contribution in [1.82, 2.24) is 9.88 Å². The normalized spacial score (nSPS) is 10.9. The number of nitrogens with one attached hydrogen (secondary N) is 1. The Morgan fingerprint density at radius 3 is 2.91 bits per heavy atom. The molecule has 0 spiro atoms. The molecular weight excluding hydrogens is 308 g/mol. The molecule has 3 aromatic rings. The molecule has 23 heavy (non-hydrogen) atoms. The number of fused-ring (bicyclic) bond motifs is 1. The van der Waals surface area contributed by atoms with Gasteiger partial charge in [0.25, 0.3) is 5.91 Å². The van der Waals surface area contributed by atoms with Gasteiger partial charge in [-0.05, 0) is 30.0 Å². The number of para-hydroxylation sites is 1. The van der Waals surface area contributed by atoms with Crippen molar-refractivity contribution >= 4 is 27.5 Å². The van der Waals surface area contributed by atoms with E-state index < -0.39 is 0 Å². The minimum atomic E-state index is -0.0230. The third-order valence-electron chi connectivity index (χ3n) is 3.81. The Hall–Kier alpha value is -2.27. The van der Waals surface area contributed by atoms with Gasteiger partial charge in [0.1, 0.15) is 11.4 Å². The van der Waals surface area contributed by atoms with Crippen molar-refractivity contribution in [3.05, 3.63) is 53.0 Å². The van der Waals surface area contributed by atoms with Crippen LogP contribution in [0.5, 0.6) is 5.75 Å². The molecule has 0 saturated carbocycles. The van der Waals surface area contributed by atoms with Gasteiger partial charge in [0, 0.05) is 12.1 Å². The molecule has 0 atom stereocenters. The van der Waals surface area contributed by atoms with E-state index in [1.165, 1.54) is 0 Å². The van der Waals surface area contributed by atoms with Crippen LogP contribution in [0.3, 0.4) is 0 Å². The van der Waals surface area contributed by atoms with Gasteiger partial charge in [-0.15, -0.1) is 11.3 Å². The van der Waals surface area contributed by atoms with Crippen LogP contribution in [-0.2, 0) is 6.54 Å². The van der Waals surface area contributed by atoms with Crippen LogP contribution in [0.25, 0.3) is 10.2 Å². The van der Waals surface area contributed by atoms with Crippen LogP contribution in [0.15, 0.2) is 41.8 Å². The largest absolute Gasteiger partial charge is 0.496 e. The zero-order valence-electron chi connectivity index (χ0n) is 13.3. The van der Waals surface area contributed by atoms with Gasteiger partial charge in [0.15, 0.2) is 0 Å². The molecule has 0 aliphatic heterocycles. The summed E-state index contributed by atoms with van der Waals surface area (Å²) >= 11 is 1.65. The molecule has 2 heterocycles. The van der Waals surface area contributed by atoms with E-state index in [0.29, 0.717) is 18.8 Å². The number of nitrogens with zero attached hydrogens (tertiary/aromatic N) is 1. The highest BCUT2D eigenvalue weighted by atomic mass is 32.1. The molecule has 1 N–H and O–H groups in total. The first kappa shape index (κ1) is 15.6. The summed E-state index contributed by atoms with van der Waals surface area (Å²) in [6, 6.07) is 12.0. The summed E-state index contributed by atoms with van der Waals surface area (Å²) in [5.74, 6) is 0.814. The number of ether oxygens (including phenoxy) is 1. The van der Waals surface area contributed by atoms with Crippen molar-refractivity contribution in [2.45, 2.75) is 19.9 Å². The lowest BCUT2D eigenvalue weighted by Crippen LogP contribution is -2.26. The maximum Gasteiger partial charge on any atom is 0.267 e. The number of aromatic nitrogens is 1. The summed E-state index contributed by atoms with van der Waals surface area (Å²) < 4.78 is 8.63. The van der Waals surface area contributed by atoms with Crippen molar-refractivity contribution in [3.8, 4) is 5.75 Å². The number of rotatable bonds is 6. The zero-order valence-corrected chi connectivity index (χ0v) is 14.2. The van der Waals surface area contributed by atoms with Crippen LogP contribution in [0, 0.1) is 0 Å². The molecule has 120 valence electrons. The summed E-state index contributed by atoms with van der Waals surface area (Å²) in [7, 11) is 1.67. The SMILES string of the molecule is CCCNC(=O)c1cc2sccc2n1Cc1ccccc1OC. The molecular formula is C18H20N2O2S. The number of carbonyl (C=O) groups excluding carboxylic acids is 1. The summed E-state index contributed by atoms with van der Waals surface area (Å²) in [5.41, 5.74) is 2.84. The number of amides is 1. The van der Waals surface area contributed by atoms with Crippen LogP contribution in [0.2, 0.25) is 0 Å². The van der Waals surface area contributed by atoms with Crippen molar-refractivity contribution in [3.63, 3.8) is 0 Å². The molecule has 1 aromatic carbocycles. The summed E-state index contributed by atoms with van der Waals surface area (Å²) in [4.78, 5) is 12.5. The maximum atomic E-state index is 12.5. The first-order valence-electron chi connectivity index (χ1n) is 7.71. The van der Waals surface area contributed by atoms with Gasteiger partial charge in [0.05, 0.1) is 23.9 Å². The number of hydrogen-bond acceptors (Lipinski definition) is 3. The minimum Gasteiger partial charge on any atom is -0.496 e. The number of thiophene rings is 1. The summed E-state index contributed by atoms with van der Waals surface area (Å²) in [5, 5.41) is 5.02. The second-order valence-corrected chi connectivity index (χ2v) is 6.30. The zero-order chi connectivity index (χ0) is 16.2. The first-order valence-corrected chi connectivity index (χ1v) is 8.59. The average Bonchev–Trinajstić information content (AvgIpc) is 3.15. The lowest BCUT2D eigenvalue weighted by Gasteiger charge is -2.13. The molecule has 5 heteroatoms. The molecule has 0 aliphatic carbocycles. The monoisotopic (exact) mass is 328 g/mol. The average molecular weight is 328 g/mol. The van der Waals surface area contributed by atoms with E-state index in [1.54, 1.807) is 18.4 Å². The highest BCUT2D eigenvalue weighted by molar-refractivity contribution is 7.17. The third-order valence-corrected chi connectivity index (χ3v) is 4.67. The fourth-order valence-corrected chi connectivity index (χ4v) is 3.49. The number of carbonyl (C=O) groups is 1. The van der Waals surface area contributed by atoms with Gasteiger partial charge in [-0.2, -0.15) is 0 Å². The van der Waals surface area contributed by atoms with Gasteiger partial charge in [0.2, 0.25) is 0 Å². The fourth-order valence-electron chi connectivity index (χ4n) is 2.67. The van der Waals surface area contributed by atoms with E-state index >= 15 is 0 Å². The highest BCUT2D eigenvalue weighted by Gasteiger charge is 2.17. The molecule has 3 rings (SSSR count). The fraction of sp³-hybridized carbons (Fsp3) is 0.278. The van der Waals surface area contributed by atoms with Crippen molar-refractivity contribution in [2.75, 3.05) is 13.7 Å². The Kier molecular flexibility index (Phi) is 4.67. The lowest BCUT2D eigenvalue weighted by molar-refractivity contribution is 0.0945. The maximum absolute atomic E-state index is 12.5. The van der Waals surface area contributed by atoms with Gasteiger partial charge in [-0.3, -0.25) is 4.79 Å². The quantitative estimate of drug-likeness (QED) is 0.746. The smallest absolute Gasteiger partial charge is 0.267 e. The van der Waals surface area contributed by atoms with E-state index in [0.717, 1.165) is 28.0 Å². The van der Waals surface area contributed by atoms with Gasteiger partial charge in [-0.1, -0.05) is 25.1 Å². The van der Waals surface area contributed by atoms with Crippen LogP contribution >= 0.6 is 11.3 Å². The second kappa shape index (κ2) is 6.87. The first-order chi connectivity index (χ1) is 11.2. The Balaban J connectivity index is 2.01. The lowest BCUT2D eigenvalue weighted by atomic mass is 10.2. The van der Waals surface area contributed by atoms with Gasteiger partial charge in [-0.25, -0.2) is 0 Å². The predicted molar refractivity (Wildman–Crippen MR) is 94.5 cm³/mol. The Morgan fingerprint density at radius 1 is 1.30 bits per heavy atom. The number of methoxy groups -OCH3 is 1. The Bertz CT molecular complexity index is 819. The van der Waals surface area contributed by atoms with Crippen LogP contribution in [0.1, 0.15) is 29.4 Å². The molecule has 1 amide bonds. The number of benzene rings is 1. The van der Waals surface area contributed by atoms with E-state index in [2.05, 4.69) is 21.3 Å². The standard InChI is InChI=1S/C18H20N2O2S/c1-3-9-19-18(21)15-11-17-14(8-10-23-17)20(15)12-13-6-4-5-7-16(13)22-2/h4-8,10-11H,3,9,12H2,1-2H3,(H,19,21). The topological polar surface area (TPSA) is 43.3 Å². The summed E-state index contributed by atoms with van der Waals surface area (Å²) in [6.45, 7) is 3.35. The van der Waals surface area contributed by atoms with Crippen molar-refractivity contribution in [1.29, 1.82) is 0 Å². The molecule has 0 saturated heterocycles. The molecule has 0 radical (unpaired) electrons. The molecule has 4 nitrogen and oxygen atoms in total. The highest BCUT2D eigenvalue weighted by Crippen LogP contribution is 2.28.